The molecule has 1 fully saturated rings. The van der Waals surface area contributed by atoms with Gasteiger partial charge < -0.3 is 9.64 Å². The van der Waals surface area contributed by atoms with E-state index >= 15 is 0 Å². The molecule has 194 valence electrons. The Hall–Kier alpha value is -2.32. The zero-order valence-corrected chi connectivity index (χ0v) is 22.2. The second-order valence-electron chi connectivity index (χ2n) is 10.6. The van der Waals surface area contributed by atoms with Gasteiger partial charge in [-0.15, -0.1) is 0 Å². The van der Waals surface area contributed by atoms with Gasteiger partial charge in [0.25, 0.3) is 5.19 Å². The molecule has 5 rings (SSSR count). The maximum atomic E-state index is 13.1. The van der Waals surface area contributed by atoms with Gasteiger partial charge in [-0.3, -0.25) is 9.48 Å². The van der Waals surface area contributed by atoms with E-state index < -0.39 is 6.17 Å². The molecule has 8 heteroatoms. The first-order chi connectivity index (χ1) is 17.4. The first-order valence-corrected chi connectivity index (χ1v) is 14.2. The fraction of sp³-hybridized carbons (Fsp3) is 0.607. The number of ketones is 1. The number of halogens is 1. The van der Waals surface area contributed by atoms with Crippen molar-refractivity contribution >= 4 is 28.0 Å². The smallest absolute Gasteiger partial charge is 0.273 e. The number of ether oxygens (including phenoxy) is 1. The quantitative estimate of drug-likeness (QED) is 0.348. The number of hydrogen-bond donors (Lipinski definition) is 0. The van der Waals surface area contributed by atoms with Gasteiger partial charge in [0, 0.05) is 55.0 Å². The van der Waals surface area contributed by atoms with Crippen molar-refractivity contribution in [2.45, 2.75) is 64.5 Å². The van der Waals surface area contributed by atoms with Crippen molar-refractivity contribution in [2.24, 2.45) is 18.9 Å². The summed E-state index contributed by atoms with van der Waals surface area (Å²) in [6.07, 6.45) is 9.58. The Kier molecular flexibility index (Phi) is 8.01. The molecule has 3 aromatic rings. The van der Waals surface area contributed by atoms with Crippen LogP contribution in [-0.2, 0) is 19.9 Å². The standard InChI is InChI=1S/C28H37FN4O2S/c1-19(29)18-35-28-30-25-11-14-33(15-12-27(25)36-28)13-10-20-6-8-21(9-7-20)16-26(34)22-4-3-5-24-23(22)17-32(2)31-24/h3-5,17,19-21H,6-16,18H2,1-2H3. The zero-order valence-electron chi connectivity index (χ0n) is 21.4. The summed E-state index contributed by atoms with van der Waals surface area (Å²) < 4.78 is 20.3. The summed E-state index contributed by atoms with van der Waals surface area (Å²) in [6, 6.07) is 5.86. The van der Waals surface area contributed by atoms with Crippen molar-refractivity contribution in [3.63, 3.8) is 0 Å². The molecular weight excluding hydrogens is 475 g/mol. The molecule has 3 heterocycles. The minimum Gasteiger partial charge on any atom is -0.467 e. The number of carbonyl (C=O) groups is 1. The van der Waals surface area contributed by atoms with Gasteiger partial charge in [0.2, 0.25) is 0 Å². The Balaban J connectivity index is 1.04. The molecule has 0 amide bonds. The lowest BCUT2D eigenvalue weighted by Gasteiger charge is -2.30. The highest BCUT2D eigenvalue weighted by Gasteiger charge is 2.25. The second kappa shape index (κ2) is 11.4. The van der Waals surface area contributed by atoms with E-state index in [2.05, 4.69) is 15.0 Å². The minimum absolute atomic E-state index is 0.0789. The Bertz CT molecular complexity index is 1160. The van der Waals surface area contributed by atoms with E-state index in [1.54, 1.807) is 16.0 Å². The van der Waals surface area contributed by atoms with Gasteiger partial charge >= 0.3 is 0 Å². The number of nitrogens with zero attached hydrogens (tertiary/aromatic N) is 4. The minimum atomic E-state index is -0.971. The van der Waals surface area contributed by atoms with Crippen LogP contribution in [-0.4, -0.2) is 57.9 Å². The number of fused-ring (bicyclic) bond motifs is 2. The van der Waals surface area contributed by atoms with Crippen molar-refractivity contribution in [1.29, 1.82) is 0 Å². The molecule has 1 aliphatic heterocycles. The molecule has 2 aromatic heterocycles. The summed E-state index contributed by atoms with van der Waals surface area (Å²) >= 11 is 1.58. The highest BCUT2D eigenvalue weighted by atomic mass is 32.1. The first kappa shape index (κ1) is 25.3. The van der Waals surface area contributed by atoms with E-state index in [4.69, 9.17) is 4.74 Å². The molecule has 1 atom stereocenters. The van der Waals surface area contributed by atoms with Crippen LogP contribution in [0, 0.1) is 11.8 Å². The van der Waals surface area contributed by atoms with E-state index in [9.17, 15) is 9.18 Å². The number of aromatic nitrogens is 3. The van der Waals surface area contributed by atoms with Crippen LogP contribution in [0.2, 0.25) is 0 Å². The van der Waals surface area contributed by atoms with Gasteiger partial charge in [0.1, 0.15) is 12.8 Å². The van der Waals surface area contributed by atoms with Crippen LogP contribution in [0.1, 0.15) is 66.4 Å². The number of carbonyl (C=O) groups excluding carboxylic acids is 1. The molecular formula is C28H37FN4O2S. The van der Waals surface area contributed by atoms with Gasteiger partial charge in [-0.2, -0.15) is 5.10 Å². The molecule has 0 bridgehead atoms. The van der Waals surface area contributed by atoms with Crippen molar-refractivity contribution in [3.8, 4) is 5.19 Å². The van der Waals surface area contributed by atoms with Gasteiger partial charge in [-0.25, -0.2) is 9.37 Å². The average Bonchev–Trinajstić information content (AvgIpc) is 3.39. The number of alkyl halides is 1. The van der Waals surface area contributed by atoms with Crippen LogP contribution < -0.4 is 4.74 Å². The summed E-state index contributed by atoms with van der Waals surface area (Å²) in [5.74, 6) is 1.52. The molecule has 1 saturated carbocycles. The van der Waals surface area contributed by atoms with Crippen molar-refractivity contribution < 1.29 is 13.9 Å². The molecule has 0 spiro atoms. The highest BCUT2D eigenvalue weighted by molar-refractivity contribution is 7.13. The predicted octanol–water partition coefficient (Wildman–Crippen LogP) is 5.64. The van der Waals surface area contributed by atoms with Crippen molar-refractivity contribution in [1.82, 2.24) is 19.7 Å². The highest BCUT2D eigenvalue weighted by Crippen LogP contribution is 2.34. The zero-order chi connectivity index (χ0) is 25.1. The SMILES string of the molecule is CC(F)COc1nc2c(s1)CCN(CCC1CCC(CC(=O)c3cccc4nn(C)cc34)CC1)CC2. The van der Waals surface area contributed by atoms with Crippen molar-refractivity contribution in [2.75, 3.05) is 26.2 Å². The molecule has 1 aliphatic carbocycles. The number of thiazole rings is 1. The third kappa shape index (κ3) is 6.14. The number of Topliss-reactive ketones (excluding diaryl/α,β-unsaturated/α-hetero) is 1. The monoisotopic (exact) mass is 512 g/mol. The normalized spacial score (nSPS) is 21.8. The largest absolute Gasteiger partial charge is 0.467 e. The molecule has 0 saturated heterocycles. The Morgan fingerprint density at radius 2 is 1.97 bits per heavy atom. The van der Waals surface area contributed by atoms with Crippen LogP contribution in [0.15, 0.2) is 24.4 Å². The van der Waals surface area contributed by atoms with Crippen molar-refractivity contribution in [3.05, 3.63) is 40.5 Å². The summed E-state index contributed by atoms with van der Waals surface area (Å²) in [7, 11) is 1.90. The number of hydrogen-bond acceptors (Lipinski definition) is 6. The van der Waals surface area contributed by atoms with E-state index in [1.807, 2.05) is 31.4 Å². The maximum absolute atomic E-state index is 13.1. The number of benzene rings is 1. The lowest BCUT2D eigenvalue weighted by molar-refractivity contribution is 0.0942. The van der Waals surface area contributed by atoms with Crippen LogP contribution in [0.4, 0.5) is 4.39 Å². The molecule has 6 nitrogen and oxygen atoms in total. The summed E-state index contributed by atoms with van der Waals surface area (Å²) in [4.78, 5) is 21.5. The first-order valence-electron chi connectivity index (χ1n) is 13.4. The van der Waals surface area contributed by atoms with E-state index in [0.717, 1.165) is 73.4 Å². The lowest BCUT2D eigenvalue weighted by atomic mass is 9.78. The topological polar surface area (TPSA) is 60.2 Å². The fourth-order valence-corrected chi connectivity index (χ4v) is 6.68. The Morgan fingerprint density at radius 1 is 1.19 bits per heavy atom. The van der Waals surface area contributed by atoms with E-state index in [1.165, 1.54) is 31.1 Å². The summed E-state index contributed by atoms with van der Waals surface area (Å²) in [5.41, 5.74) is 2.85. The molecule has 0 radical (unpaired) electrons. The fourth-order valence-electron chi connectivity index (χ4n) is 5.72. The summed E-state index contributed by atoms with van der Waals surface area (Å²) in [6.45, 7) is 4.80. The van der Waals surface area contributed by atoms with E-state index in [0.29, 0.717) is 17.5 Å². The average molecular weight is 513 g/mol. The Morgan fingerprint density at radius 3 is 2.78 bits per heavy atom. The van der Waals surface area contributed by atoms with E-state index in [-0.39, 0.29) is 12.4 Å². The third-order valence-corrected chi connectivity index (χ3v) is 8.84. The van der Waals surface area contributed by atoms with Crippen LogP contribution in [0.25, 0.3) is 10.9 Å². The van der Waals surface area contributed by atoms with Gasteiger partial charge in [0.15, 0.2) is 5.78 Å². The maximum Gasteiger partial charge on any atom is 0.273 e. The number of aryl methyl sites for hydroxylation is 1. The molecule has 2 aliphatic rings. The third-order valence-electron chi connectivity index (χ3n) is 7.77. The van der Waals surface area contributed by atoms with Crippen LogP contribution in [0.3, 0.4) is 0 Å². The molecule has 1 unspecified atom stereocenters. The van der Waals surface area contributed by atoms with Gasteiger partial charge in [0.05, 0.1) is 11.2 Å². The van der Waals surface area contributed by atoms with Gasteiger partial charge in [-0.05, 0) is 57.1 Å². The van der Waals surface area contributed by atoms with Gasteiger partial charge in [-0.1, -0.05) is 36.3 Å². The predicted molar refractivity (Wildman–Crippen MR) is 142 cm³/mol. The molecule has 1 aromatic carbocycles. The molecule has 36 heavy (non-hydrogen) atoms. The van der Waals surface area contributed by atoms with Crippen LogP contribution >= 0.6 is 11.3 Å². The Labute approximate surface area is 216 Å². The number of rotatable bonds is 9. The second-order valence-corrected chi connectivity index (χ2v) is 11.7. The molecule has 0 N–H and O–H groups in total. The lowest BCUT2D eigenvalue weighted by Crippen LogP contribution is -2.29. The summed E-state index contributed by atoms with van der Waals surface area (Å²) in [5, 5.41) is 6.03. The van der Waals surface area contributed by atoms with Crippen LogP contribution in [0.5, 0.6) is 5.19 Å².